The standard InChI is InChI=1S/C18H17F3N2O2/c1-18(2)8-14(11-7-10(22)3-4-15(11)25-18)23-17(24)16-12(20)5-9(19)6-13(16)21/h3-7,14H,8,22H2,1-2H3,(H,23,24). The number of ether oxygens (including phenoxy) is 1. The lowest BCUT2D eigenvalue weighted by Gasteiger charge is -2.38. The van der Waals surface area contributed by atoms with Gasteiger partial charge in [0.15, 0.2) is 0 Å². The summed E-state index contributed by atoms with van der Waals surface area (Å²) in [5, 5.41) is 2.60. The van der Waals surface area contributed by atoms with Crippen LogP contribution >= 0.6 is 0 Å². The van der Waals surface area contributed by atoms with Crippen molar-refractivity contribution >= 4 is 11.6 Å². The van der Waals surface area contributed by atoms with Crippen molar-refractivity contribution in [2.45, 2.75) is 31.9 Å². The molecule has 1 amide bonds. The first kappa shape index (κ1) is 17.1. The molecular weight excluding hydrogens is 333 g/mol. The molecule has 0 spiro atoms. The minimum Gasteiger partial charge on any atom is -0.487 e. The lowest BCUT2D eigenvalue weighted by Crippen LogP contribution is -2.41. The van der Waals surface area contributed by atoms with E-state index >= 15 is 0 Å². The molecule has 0 saturated heterocycles. The van der Waals surface area contributed by atoms with Crippen molar-refractivity contribution in [3.63, 3.8) is 0 Å². The Kier molecular flexibility index (Phi) is 4.10. The Balaban J connectivity index is 1.95. The number of nitrogens with one attached hydrogen (secondary N) is 1. The number of nitrogen functional groups attached to an aromatic ring is 1. The number of rotatable bonds is 2. The number of anilines is 1. The maximum absolute atomic E-state index is 13.8. The smallest absolute Gasteiger partial charge is 0.257 e. The van der Waals surface area contributed by atoms with Crippen LogP contribution in [0.25, 0.3) is 0 Å². The third-order valence-corrected chi connectivity index (χ3v) is 4.03. The van der Waals surface area contributed by atoms with Gasteiger partial charge in [0, 0.05) is 29.8 Å². The number of benzene rings is 2. The van der Waals surface area contributed by atoms with Gasteiger partial charge in [-0.3, -0.25) is 4.79 Å². The molecule has 2 aromatic carbocycles. The van der Waals surface area contributed by atoms with Gasteiger partial charge in [-0.2, -0.15) is 0 Å². The second kappa shape index (κ2) is 5.98. The van der Waals surface area contributed by atoms with Gasteiger partial charge >= 0.3 is 0 Å². The van der Waals surface area contributed by atoms with E-state index in [4.69, 9.17) is 10.5 Å². The number of amides is 1. The molecule has 0 saturated carbocycles. The van der Waals surface area contributed by atoms with Crippen LogP contribution in [-0.4, -0.2) is 11.5 Å². The number of carbonyl (C=O) groups is 1. The Bertz CT molecular complexity index is 829. The summed E-state index contributed by atoms with van der Waals surface area (Å²) in [5.41, 5.74) is 5.46. The first-order valence-corrected chi connectivity index (χ1v) is 7.70. The van der Waals surface area contributed by atoms with E-state index in [2.05, 4.69) is 5.32 Å². The van der Waals surface area contributed by atoms with E-state index < -0.39 is 40.6 Å². The van der Waals surface area contributed by atoms with Gasteiger partial charge in [-0.15, -0.1) is 0 Å². The van der Waals surface area contributed by atoms with Crippen LogP contribution < -0.4 is 15.8 Å². The van der Waals surface area contributed by atoms with Gasteiger partial charge in [0.25, 0.3) is 5.91 Å². The Morgan fingerprint density at radius 2 is 1.84 bits per heavy atom. The average Bonchev–Trinajstić information content (AvgIpc) is 2.46. The van der Waals surface area contributed by atoms with Crippen LogP contribution in [-0.2, 0) is 0 Å². The van der Waals surface area contributed by atoms with E-state index in [1.165, 1.54) is 0 Å². The number of hydrogen-bond acceptors (Lipinski definition) is 3. The third kappa shape index (κ3) is 3.40. The number of nitrogens with two attached hydrogens (primary N) is 1. The molecule has 25 heavy (non-hydrogen) atoms. The highest BCUT2D eigenvalue weighted by atomic mass is 19.1. The number of fused-ring (bicyclic) bond motifs is 1. The number of hydrogen-bond donors (Lipinski definition) is 2. The van der Waals surface area contributed by atoms with Gasteiger partial charge < -0.3 is 15.8 Å². The SMILES string of the molecule is CC1(C)CC(NC(=O)c2c(F)cc(F)cc2F)c2cc(N)ccc2O1. The quantitative estimate of drug-likeness (QED) is 0.812. The first-order chi connectivity index (χ1) is 11.7. The molecule has 1 aliphatic heterocycles. The molecule has 0 aliphatic carbocycles. The molecule has 0 aromatic heterocycles. The maximum atomic E-state index is 13.8. The summed E-state index contributed by atoms with van der Waals surface area (Å²) in [6, 6.07) is 5.38. The summed E-state index contributed by atoms with van der Waals surface area (Å²) in [5.74, 6) is -4.03. The highest BCUT2D eigenvalue weighted by Gasteiger charge is 2.35. The zero-order valence-corrected chi connectivity index (χ0v) is 13.7. The Morgan fingerprint density at radius 3 is 2.48 bits per heavy atom. The van der Waals surface area contributed by atoms with Crippen molar-refractivity contribution in [2.75, 3.05) is 5.73 Å². The van der Waals surface area contributed by atoms with Crippen molar-refractivity contribution in [1.82, 2.24) is 5.32 Å². The van der Waals surface area contributed by atoms with Gasteiger partial charge in [-0.25, -0.2) is 13.2 Å². The lowest BCUT2D eigenvalue weighted by atomic mass is 9.89. The van der Waals surface area contributed by atoms with E-state index in [1.54, 1.807) is 18.2 Å². The third-order valence-electron chi connectivity index (χ3n) is 4.03. The minimum absolute atomic E-state index is 0.375. The summed E-state index contributed by atoms with van der Waals surface area (Å²) in [4.78, 5) is 12.4. The molecule has 0 bridgehead atoms. The van der Waals surface area contributed by atoms with Crippen molar-refractivity contribution in [3.05, 3.63) is 58.9 Å². The van der Waals surface area contributed by atoms with Gasteiger partial charge in [-0.1, -0.05) is 0 Å². The molecule has 1 aliphatic rings. The van der Waals surface area contributed by atoms with Crippen LogP contribution in [0.15, 0.2) is 30.3 Å². The average molecular weight is 350 g/mol. The second-order valence-electron chi connectivity index (χ2n) is 6.63. The van der Waals surface area contributed by atoms with Crippen LogP contribution in [0.5, 0.6) is 5.75 Å². The van der Waals surface area contributed by atoms with E-state index in [-0.39, 0.29) is 0 Å². The van der Waals surface area contributed by atoms with Crippen LogP contribution in [0, 0.1) is 17.5 Å². The summed E-state index contributed by atoms with van der Waals surface area (Å²) < 4.78 is 46.6. The molecule has 0 fully saturated rings. The van der Waals surface area contributed by atoms with Crippen molar-refractivity contribution in [1.29, 1.82) is 0 Å². The monoisotopic (exact) mass is 350 g/mol. The predicted octanol–water partition coefficient (Wildman–Crippen LogP) is 3.72. The van der Waals surface area contributed by atoms with Crippen molar-refractivity contribution in [3.8, 4) is 5.75 Å². The highest BCUT2D eigenvalue weighted by molar-refractivity contribution is 5.95. The Hall–Kier alpha value is -2.70. The predicted molar refractivity (Wildman–Crippen MR) is 86.7 cm³/mol. The van der Waals surface area contributed by atoms with Gasteiger partial charge in [0.1, 0.15) is 34.4 Å². The van der Waals surface area contributed by atoms with E-state index in [0.29, 0.717) is 35.6 Å². The molecule has 1 heterocycles. The van der Waals surface area contributed by atoms with Gasteiger partial charge in [0.2, 0.25) is 0 Å². The van der Waals surface area contributed by atoms with Crippen LogP contribution in [0.1, 0.15) is 42.2 Å². The van der Waals surface area contributed by atoms with E-state index in [0.717, 1.165) is 0 Å². The van der Waals surface area contributed by atoms with E-state index in [9.17, 15) is 18.0 Å². The largest absolute Gasteiger partial charge is 0.487 e. The minimum atomic E-state index is -1.26. The second-order valence-corrected chi connectivity index (χ2v) is 6.63. The molecule has 1 unspecified atom stereocenters. The molecule has 3 rings (SSSR count). The zero-order chi connectivity index (χ0) is 18.4. The lowest BCUT2D eigenvalue weighted by molar-refractivity contribution is 0.0618. The first-order valence-electron chi connectivity index (χ1n) is 7.70. The highest BCUT2D eigenvalue weighted by Crippen LogP contribution is 2.40. The van der Waals surface area contributed by atoms with Gasteiger partial charge in [0.05, 0.1) is 6.04 Å². The summed E-state index contributed by atoms with van der Waals surface area (Å²) in [6.07, 6.45) is 0.375. The van der Waals surface area contributed by atoms with Crippen LogP contribution in [0.2, 0.25) is 0 Å². The summed E-state index contributed by atoms with van der Waals surface area (Å²) in [6.45, 7) is 3.68. The number of halogens is 3. The van der Waals surface area contributed by atoms with Gasteiger partial charge in [-0.05, 0) is 32.0 Å². The fraction of sp³-hybridized carbons (Fsp3) is 0.278. The molecule has 7 heteroatoms. The summed E-state index contributed by atoms with van der Waals surface area (Å²) >= 11 is 0. The molecule has 0 radical (unpaired) electrons. The fourth-order valence-corrected chi connectivity index (χ4v) is 2.99. The Morgan fingerprint density at radius 1 is 1.20 bits per heavy atom. The van der Waals surface area contributed by atoms with E-state index in [1.807, 2.05) is 13.8 Å². The van der Waals surface area contributed by atoms with Crippen LogP contribution in [0.4, 0.5) is 18.9 Å². The molecule has 2 aromatic rings. The molecule has 132 valence electrons. The summed E-state index contributed by atoms with van der Waals surface area (Å²) in [7, 11) is 0. The normalized spacial score (nSPS) is 18.2. The van der Waals surface area contributed by atoms with Crippen molar-refractivity contribution < 1.29 is 22.7 Å². The molecule has 3 N–H and O–H groups in total. The Labute approximate surface area is 142 Å². The molecular formula is C18H17F3N2O2. The molecule has 4 nitrogen and oxygen atoms in total. The topological polar surface area (TPSA) is 64.4 Å². The number of carbonyl (C=O) groups excluding carboxylic acids is 1. The maximum Gasteiger partial charge on any atom is 0.257 e. The molecule has 1 atom stereocenters. The fourth-order valence-electron chi connectivity index (χ4n) is 2.99. The zero-order valence-electron chi connectivity index (χ0n) is 13.7. The van der Waals surface area contributed by atoms with Crippen molar-refractivity contribution in [2.24, 2.45) is 0 Å². The van der Waals surface area contributed by atoms with Crippen LogP contribution in [0.3, 0.4) is 0 Å².